The average molecular weight is 383 g/mol. The van der Waals surface area contributed by atoms with Crippen molar-refractivity contribution in [3.8, 4) is 17.1 Å². The number of carbonyl (C=O) groups is 1. The Kier molecular flexibility index (Phi) is 6.62. The summed E-state index contributed by atoms with van der Waals surface area (Å²) in [5.41, 5.74) is 1.63. The highest BCUT2D eigenvalue weighted by molar-refractivity contribution is 7.99. The van der Waals surface area contributed by atoms with Crippen LogP contribution in [0.15, 0.2) is 59.8 Å². The van der Waals surface area contributed by atoms with Crippen molar-refractivity contribution < 1.29 is 14.3 Å². The lowest BCUT2D eigenvalue weighted by atomic mass is 10.2. The molecule has 0 unspecified atom stereocenters. The molecule has 0 N–H and O–H groups in total. The molecule has 1 aromatic heterocycles. The molecule has 140 valence electrons. The van der Waals surface area contributed by atoms with E-state index in [1.807, 2.05) is 59.2 Å². The maximum atomic E-state index is 12.4. The highest BCUT2D eigenvalue weighted by Crippen LogP contribution is 2.26. The van der Waals surface area contributed by atoms with E-state index in [2.05, 4.69) is 10.2 Å². The topological polar surface area (TPSA) is 66.2 Å². The molecule has 0 radical (unpaired) electrons. The Bertz CT molecular complexity index is 879. The Morgan fingerprint density at radius 3 is 2.44 bits per heavy atom. The molecule has 27 heavy (non-hydrogen) atoms. The number of Topliss-reactive ketones (excluding diaryl/α,β-unsaturated/α-hetero) is 1. The van der Waals surface area contributed by atoms with Crippen molar-refractivity contribution in [3.05, 3.63) is 60.2 Å². The summed E-state index contributed by atoms with van der Waals surface area (Å²) in [7, 11) is 3.29. The molecule has 0 saturated heterocycles. The lowest BCUT2D eigenvalue weighted by Crippen LogP contribution is -2.09. The van der Waals surface area contributed by atoms with E-state index < -0.39 is 0 Å². The summed E-state index contributed by atoms with van der Waals surface area (Å²) < 4.78 is 12.4. The van der Waals surface area contributed by atoms with E-state index in [0.29, 0.717) is 29.6 Å². The van der Waals surface area contributed by atoms with E-state index in [1.54, 1.807) is 14.2 Å². The van der Waals surface area contributed by atoms with Gasteiger partial charge in [0.1, 0.15) is 5.75 Å². The molecule has 6 nitrogen and oxygen atoms in total. The minimum Gasteiger partial charge on any atom is -0.497 e. The van der Waals surface area contributed by atoms with Crippen molar-refractivity contribution in [1.82, 2.24) is 14.8 Å². The number of ketones is 1. The monoisotopic (exact) mass is 383 g/mol. The first-order valence-corrected chi connectivity index (χ1v) is 9.49. The molecule has 3 aromatic rings. The molecule has 2 aromatic carbocycles. The van der Waals surface area contributed by atoms with Crippen LogP contribution in [0.2, 0.25) is 0 Å². The molecule has 0 aliphatic heterocycles. The van der Waals surface area contributed by atoms with E-state index in [9.17, 15) is 4.79 Å². The zero-order valence-corrected chi connectivity index (χ0v) is 16.1. The van der Waals surface area contributed by atoms with Gasteiger partial charge in [0.25, 0.3) is 0 Å². The number of rotatable bonds is 9. The molecule has 0 atom stereocenters. The zero-order valence-electron chi connectivity index (χ0n) is 15.3. The number of hydrogen-bond acceptors (Lipinski definition) is 6. The molecule has 0 aliphatic rings. The summed E-state index contributed by atoms with van der Waals surface area (Å²) in [6, 6.07) is 16.9. The Balaban J connectivity index is 1.80. The molecule has 0 amide bonds. The van der Waals surface area contributed by atoms with Gasteiger partial charge >= 0.3 is 0 Å². The molecule has 3 rings (SSSR count). The summed E-state index contributed by atoms with van der Waals surface area (Å²) in [5.74, 6) is 1.89. The lowest BCUT2D eigenvalue weighted by molar-refractivity contribution is 0.102. The van der Waals surface area contributed by atoms with Crippen LogP contribution in [0.1, 0.15) is 10.4 Å². The smallest absolute Gasteiger partial charge is 0.192 e. The van der Waals surface area contributed by atoms with Gasteiger partial charge < -0.3 is 9.47 Å². The summed E-state index contributed by atoms with van der Waals surface area (Å²) in [4.78, 5) is 12.4. The highest BCUT2D eigenvalue weighted by Gasteiger charge is 2.16. The van der Waals surface area contributed by atoms with Gasteiger partial charge in [-0.1, -0.05) is 42.1 Å². The number of nitrogens with zero attached hydrogens (tertiary/aromatic N) is 3. The maximum Gasteiger partial charge on any atom is 0.192 e. The van der Waals surface area contributed by atoms with E-state index in [0.717, 1.165) is 17.1 Å². The first kappa shape index (κ1) is 19.1. The van der Waals surface area contributed by atoms with Crippen LogP contribution in [-0.2, 0) is 11.3 Å². The number of thioether (sulfide) groups is 1. The summed E-state index contributed by atoms with van der Waals surface area (Å²) in [6.07, 6.45) is 0. The Morgan fingerprint density at radius 2 is 1.78 bits per heavy atom. The van der Waals surface area contributed by atoms with Gasteiger partial charge in [0, 0.05) is 18.2 Å². The van der Waals surface area contributed by atoms with Gasteiger partial charge in [0.05, 0.1) is 26.0 Å². The van der Waals surface area contributed by atoms with Crippen LogP contribution in [0.25, 0.3) is 11.4 Å². The summed E-state index contributed by atoms with van der Waals surface area (Å²) in [5, 5.41) is 9.32. The van der Waals surface area contributed by atoms with Crippen LogP contribution in [0.4, 0.5) is 0 Å². The molecule has 7 heteroatoms. The third kappa shape index (κ3) is 4.75. The van der Waals surface area contributed by atoms with Crippen molar-refractivity contribution in [2.75, 3.05) is 26.6 Å². The third-order valence-electron chi connectivity index (χ3n) is 4.01. The summed E-state index contributed by atoms with van der Waals surface area (Å²) >= 11 is 1.38. The van der Waals surface area contributed by atoms with Crippen molar-refractivity contribution in [2.24, 2.45) is 0 Å². The minimum atomic E-state index is 0.0629. The van der Waals surface area contributed by atoms with E-state index in [-0.39, 0.29) is 5.78 Å². The van der Waals surface area contributed by atoms with Crippen molar-refractivity contribution in [3.63, 3.8) is 0 Å². The Labute approximate surface area is 162 Å². The maximum absolute atomic E-state index is 12.4. The predicted molar refractivity (Wildman–Crippen MR) is 105 cm³/mol. The van der Waals surface area contributed by atoms with Crippen LogP contribution in [0, 0.1) is 0 Å². The summed E-state index contributed by atoms with van der Waals surface area (Å²) in [6.45, 7) is 1.13. The van der Waals surface area contributed by atoms with Crippen LogP contribution in [0.5, 0.6) is 5.75 Å². The minimum absolute atomic E-state index is 0.0629. The largest absolute Gasteiger partial charge is 0.497 e. The van der Waals surface area contributed by atoms with E-state index >= 15 is 0 Å². The second-order valence-electron chi connectivity index (χ2n) is 5.76. The number of ether oxygens (including phenoxy) is 2. The van der Waals surface area contributed by atoms with Gasteiger partial charge in [-0.3, -0.25) is 9.36 Å². The highest BCUT2D eigenvalue weighted by atomic mass is 32.2. The van der Waals surface area contributed by atoms with Gasteiger partial charge in [0.2, 0.25) is 0 Å². The third-order valence-corrected chi connectivity index (χ3v) is 4.98. The second kappa shape index (κ2) is 9.34. The van der Waals surface area contributed by atoms with Crippen LogP contribution in [-0.4, -0.2) is 47.1 Å². The van der Waals surface area contributed by atoms with Crippen LogP contribution >= 0.6 is 11.8 Å². The fraction of sp³-hybridized carbons (Fsp3) is 0.250. The van der Waals surface area contributed by atoms with Gasteiger partial charge in [-0.15, -0.1) is 10.2 Å². The van der Waals surface area contributed by atoms with Crippen LogP contribution < -0.4 is 4.74 Å². The van der Waals surface area contributed by atoms with Crippen molar-refractivity contribution in [1.29, 1.82) is 0 Å². The molecule has 1 heterocycles. The Morgan fingerprint density at radius 1 is 1.04 bits per heavy atom. The van der Waals surface area contributed by atoms with E-state index in [4.69, 9.17) is 9.47 Å². The fourth-order valence-corrected chi connectivity index (χ4v) is 3.43. The zero-order chi connectivity index (χ0) is 19.1. The predicted octanol–water partition coefficient (Wildman–Crippen LogP) is 3.58. The number of aromatic nitrogens is 3. The number of hydrogen-bond donors (Lipinski definition) is 0. The number of carbonyl (C=O) groups excluding carboxylic acids is 1. The molecular formula is C20H21N3O3S. The van der Waals surface area contributed by atoms with Crippen molar-refractivity contribution in [2.45, 2.75) is 11.7 Å². The molecule has 0 aliphatic carbocycles. The number of benzene rings is 2. The first-order valence-electron chi connectivity index (χ1n) is 8.50. The van der Waals surface area contributed by atoms with Gasteiger partial charge in [0.15, 0.2) is 16.8 Å². The SMILES string of the molecule is COCCn1c(SCC(=O)c2ccccc2)nnc1-c1ccc(OC)cc1. The van der Waals surface area contributed by atoms with E-state index in [1.165, 1.54) is 11.8 Å². The van der Waals surface area contributed by atoms with Gasteiger partial charge in [-0.05, 0) is 24.3 Å². The van der Waals surface area contributed by atoms with Crippen molar-refractivity contribution >= 4 is 17.5 Å². The van der Waals surface area contributed by atoms with Gasteiger partial charge in [-0.2, -0.15) is 0 Å². The second-order valence-corrected chi connectivity index (χ2v) is 6.70. The fourth-order valence-electron chi connectivity index (χ4n) is 2.57. The quantitative estimate of drug-likeness (QED) is 0.416. The lowest BCUT2D eigenvalue weighted by Gasteiger charge is -2.10. The van der Waals surface area contributed by atoms with Crippen LogP contribution in [0.3, 0.4) is 0 Å². The average Bonchev–Trinajstić information content (AvgIpc) is 3.13. The normalized spacial score (nSPS) is 10.7. The molecule has 0 spiro atoms. The molecule has 0 saturated carbocycles. The number of methoxy groups -OCH3 is 2. The first-order chi connectivity index (χ1) is 13.2. The Hall–Kier alpha value is -2.64. The molecule has 0 fully saturated rings. The standard InChI is InChI=1S/C20H21N3O3S/c1-25-13-12-23-19(16-8-10-17(26-2)11-9-16)21-22-20(23)27-14-18(24)15-6-4-3-5-7-15/h3-11H,12-14H2,1-2H3. The van der Waals surface area contributed by atoms with Gasteiger partial charge in [-0.25, -0.2) is 0 Å². The molecule has 0 bridgehead atoms. The molecular weight excluding hydrogens is 362 g/mol.